The van der Waals surface area contributed by atoms with Crippen molar-refractivity contribution in [2.45, 2.75) is 5.75 Å². The Balaban J connectivity index is 1.89. The minimum absolute atomic E-state index is 0.996. The first kappa shape index (κ1) is 19.8. The number of rotatable bonds is 6. The van der Waals surface area contributed by atoms with Crippen molar-refractivity contribution < 1.29 is 0 Å². The first-order valence-electron chi connectivity index (χ1n) is 9.34. The Kier molecular flexibility index (Phi) is 6.61. The molecular weight excluding hydrogens is 531 g/mol. The van der Waals surface area contributed by atoms with Crippen molar-refractivity contribution in [1.82, 2.24) is 0 Å². The van der Waals surface area contributed by atoms with Crippen molar-refractivity contribution in [3.8, 4) is 0 Å². The van der Waals surface area contributed by atoms with Crippen molar-refractivity contribution in [1.29, 1.82) is 0 Å². The topological polar surface area (TPSA) is 0 Å². The molecule has 3 heteroatoms. The fourth-order valence-electron chi connectivity index (χ4n) is 3.57. The summed E-state index contributed by atoms with van der Waals surface area (Å²) in [5.74, 6) is 0.996. The van der Waals surface area contributed by atoms with Gasteiger partial charge in [-0.2, -0.15) is 0 Å². The summed E-state index contributed by atoms with van der Waals surface area (Å²) in [5, 5.41) is 0. The normalized spacial score (nSPS) is 11.3. The van der Waals surface area contributed by atoms with Crippen LogP contribution in [0.15, 0.2) is 120 Å². The summed E-state index contributed by atoms with van der Waals surface area (Å²) in [5.41, 5.74) is 1.36. The zero-order valence-electron chi connectivity index (χ0n) is 15.5. The SMILES string of the molecule is Brc1ccccc1C[S][Sn]([c]1ccccc1)([c]1ccccc1)[c]1ccccc1. The molecular formula is C25H21BrSSn. The quantitative estimate of drug-likeness (QED) is 0.291. The molecule has 0 bridgehead atoms. The molecule has 28 heavy (non-hydrogen) atoms. The zero-order valence-corrected chi connectivity index (χ0v) is 20.7. The molecule has 0 heterocycles. The van der Waals surface area contributed by atoms with E-state index in [1.165, 1.54) is 20.8 Å². The van der Waals surface area contributed by atoms with Gasteiger partial charge in [-0.1, -0.05) is 0 Å². The molecule has 138 valence electrons. The van der Waals surface area contributed by atoms with Gasteiger partial charge in [-0.15, -0.1) is 0 Å². The Bertz CT molecular complexity index is 923. The number of hydrogen-bond acceptors (Lipinski definition) is 1. The van der Waals surface area contributed by atoms with E-state index < -0.39 is 17.0 Å². The molecule has 0 N–H and O–H groups in total. The second kappa shape index (κ2) is 9.34. The molecule has 0 fully saturated rings. The molecule has 0 aromatic heterocycles. The van der Waals surface area contributed by atoms with E-state index in [4.69, 9.17) is 0 Å². The van der Waals surface area contributed by atoms with E-state index in [1.807, 2.05) is 0 Å². The maximum atomic E-state index is 3.74. The monoisotopic (exact) mass is 552 g/mol. The third kappa shape index (κ3) is 4.10. The fourth-order valence-corrected chi connectivity index (χ4v) is 24.0. The van der Waals surface area contributed by atoms with Crippen LogP contribution in [0.4, 0.5) is 0 Å². The Morgan fingerprint density at radius 2 is 0.929 bits per heavy atom. The minimum atomic E-state index is -3.23. The summed E-state index contributed by atoms with van der Waals surface area (Å²) in [6, 6.07) is 42.1. The summed E-state index contributed by atoms with van der Waals surface area (Å²) in [6.45, 7) is 0. The van der Waals surface area contributed by atoms with Gasteiger partial charge in [-0.05, 0) is 0 Å². The molecule has 0 spiro atoms. The van der Waals surface area contributed by atoms with Gasteiger partial charge in [0.25, 0.3) is 0 Å². The first-order valence-corrected chi connectivity index (χ1v) is 18.9. The predicted molar refractivity (Wildman–Crippen MR) is 129 cm³/mol. The second-order valence-electron chi connectivity index (χ2n) is 6.66. The molecule has 0 aliphatic carbocycles. The molecule has 0 aliphatic rings. The van der Waals surface area contributed by atoms with E-state index in [1.54, 1.807) is 0 Å². The number of hydrogen-bond donors (Lipinski definition) is 0. The van der Waals surface area contributed by atoms with Gasteiger partial charge in [-0.25, -0.2) is 0 Å². The third-order valence-corrected chi connectivity index (χ3v) is 26.1. The molecule has 0 nitrogen and oxygen atoms in total. The van der Waals surface area contributed by atoms with Crippen molar-refractivity contribution in [2.75, 3.05) is 0 Å². The van der Waals surface area contributed by atoms with E-state index in [-0.39, 0.29) is 0 Å². The van der Waals surface area contributed by atoms with Crippen LogP contribution < -0.4 is 10.7 Å². The Morgan fingerprint density at radius 3 is 1.36 bits per heavy atom. The van der Waals surface area contributed by atoms with Crippen LogP contribution in [0, 0.1) is 0 Å². The van der Waals surface area contributed by atoms with Crippen molar-refractivity contribution >= 4 is 52.6 Å². The third-order valence-electron chi connectivity index (χ3n) is 4.94. The maximum absolute atomic E-state index is 3.74. The molecule has 0 unspecified atom stereocenters. The van der Waals surface area contributed by atoms with E-state index in [0.717, 1.165) is 5.75 Å². The average molecular weight is 552 g/mol. The standard InChI is InChI=1S/C7H7BrS.3C6H5.Sn/c8-7-4-2-1-3-6(7)5-9;3*1-2-4-6-5-3-1;/h1-4,9H,5H2;3*1-5H;/q;;;;+1/p-1. The van der Waals surface area contributed by atoms with E-state index in [0.29, 0.717) is 0 Å². The molecule has 4 rings (SSSR count). The molecule has 0 radical (unpaired) electrons. The van der Waals surface area contributed by atoms with Crippen molar-refractivity contribution in [3.63, 3.8) is 0 Å². The average Bonchev–Trinajstić information content (AvgIpc) is 2.78. The van der Waals surface area contributed by atoms with Gasteiger partial charge >= 0.3 is 184 Å². The van der Waals surface area contributed by atoms with Gasteiger partial charge in [0.15, 0.2) is 0 Å². The molecule has 4 aromatic rings. The fraction of sp³-hybridized carbons (Fsp3) is 0.0400. The van der Waals surface area contributed by atoms with Crippen LogP contribution in [0.2, 0.25) is 0 Å². The molecule has 0 saturated heterocycles. The van der Waals surface area contributed by atoms with E-state index in [2.05, 4.69) is 140 Å². The van der Waals surface area contributed by atoms with Crippen LogP contribution in [-0.4, -0.2) is 17.0 Å². The van der Waals surface area contributed by atoms with Crippen LogP contribution in [0.25, 0.3) is 0 Å². The van der Waals surface area contributed by atoms with E-state index >= 15 is 0 Å². The molecule has 0 amide bonds. The van der Waals surface area contributed by atoms with Gasteiger partial charge in [0.05, 0.1) is 0 Å². The van der Waals surface area contributed by atoms with Crippen LogP contribution in [0.5, 0.6) is 0 Å². The van der Waals surface area contributed by atoms with Gasteiger partial charge in [-0.3, -0.25) is 0 Å². The van der Waals surface area contributed by atoms with E-state index in [9.17, 15) is 0 Å². The molecule has 0 aliphatic heterocycles. The van der Waals surface area contributed by atoms with Gasteiger partial charge in [0.1, 0.15) is 0 Å². The summed E-state index contributed by atoms with van der Waals surface area (Å²) < 4.78 is 5.71. The van der Waals surface area contributed by atoms with Gasteiger partial charge in [0, 0.05) is 0 Å². The van der Waals surface area contributed by atoms with Gasteiger partial charge in [0.2, 0.25) is 0 Å². The Hall–Kier alpha value is -1.49. The van der Waals surface area contributed by atoms with Crippen LogP contribution in [0.1, 0.15) is 5.56 Å². The number of benzene rings is 4. The Labute approximate surface area is 182 Å². The van der Waals surface area contributed by atoms with Crippen molar-refractivity contribution in [3.05, 3.63) is 125 Å². The molecule has 0 saturated carbocycles. The summed E-state index contributed by atoms with van der Waals surface area (Å²) in [4.78, 5) is 0. The van der Waals surface area contributed by atoms with Crippen LogP contribution >= 0.6 is 24.9 Å². The van der Waals surface area contributed by atoms with Crippen LogP contribution in [0.3, 0.4) is 0 Å². The Morgan fingerprint density at radius 1 is 0.536 bits per heavy atom. The molecule has 4 aromatic carbocycles. The first-order chi connectivity index (χ1) is 13.8. The predicted octanol–water partition coefficient (Wildman–Crippen LogP) is 5.35. The summed E-state index contributed by atoms with van der Waals surface area (Å²) >= 11 is 0.508. The van der Waals surface area contributed by atoms with Crippen molar-refractivity contribution in [2.24, 2.45) is 0 Å². The van der Waals surface area contributed by atoms with Gasteiger partial charge < -0.3 is 0 Å². The second-order valence-corrected chi connectivity index (χ2v) is 23.5. The summed E-state index contributed by atoms with van der Waals surface area (Å²) in [6.07, 6.45) is 0. The zero-order chi connectivity index (χ0) is 19.2. The van der Waals surface area contributed by atoms with Crippen LogP contribution in [-0.2, 0) is 5.75 Å². The number of halogens is 1. The summed E-state index contributed by atoms with van der Waals surface area (Å²) in [7, 11) is 2.18. The molecule has 0 atom stereocenters.